The zero-order valence-corrected chi connectivity index (χ0v) is 14.7. The first-order chi connectivity index (χ1) is 11.3. The van der Waals surface area contributed by atoms with E-state index >= 15 is 0 Å². The number of nitrogens with one attached hydrogen (secondary N) is 2. The molecule has 126 valence electrons. The van der Waals surface area contributed by atoms with Crippen molar-refractivity contribution in [1.82, 2.24) is 0 Å². The number of carbonyl (C=O) groups excluding carboxylic acids is 2. The van der Waals surface area contributed by atoms with Crippen molar-refractivity contribution < 1.29 is 14.3 Å². The molecule has 0 atom stereocenters. The van der Waals surface area contributed by atoms with Gasteiger partial charge in [-0.2, -0.15) is 0 Å². The number of rotatable bonds is 4. The second kappa shape index (κ2) is 7.75. The number of amides is 2. The van der Waals surface area contributed by atoms with Gasteiger partial charge in [-0.05, 0) is 36.4 Å². The van der Waals surface area contributed by atoms with Gasteiger partial charge in [-0.15, -0.1) is 0 Å². The smallest absolute Gasteiger partial charge is 0.276 e. The highest BCUT2D eigenvalue weighted by Crippen LogP contribution is 2.28. The molecule has 8 heteroatoms. The van der Waals surface area contributed by atoms with Gasteiger partial charge in [0.15, 0.2) is 0 Å². The van der Waals surface area contributed by atoms with E-state index in [2.05, 4.69) is 10.6 Å². The predicted molar refractivity (Wildman–Crippen MR) is 96.3 cm³/mol. The molecule has 0 aliphatic heterocycles. The molecule has 24 heavy (non-hydrogen) atoms. The first-order valence-electron chi connectivity index (χ1n) is 6.74. The lowest BCUT2D eigenvalue weighted by Crippen LogP contribution is -2.28. The molecule has 0 unspecified atom stereocenters. The van der Waals surface area contributed by atoms with Gasteiger partial charge in [-0.3, -0.25) is 9.59 Å². The number of hydrogen-bond acceptors (Lipinski definition) is 3. The topological polar surface area (TPSA) is 67.4 Å². The van der Waals surface area contributed by atoms with Crippen molar-refractivity contribution in [2.24, 2.45) is 0 Å². The van der Waals surface area contributed by atoms with Crippen molar-refractivity contribution >= 4 is 58.0 Å². The van der Waals surface area contributed by atoms with E-state index in [-0.39, 0.29) is 11.3 Å². The minimum absolute atomic E-state index is 0.232. The van der Waals surface area contributed by atoms with Gasteiger partial charge in [-0.1, -0.05) is 46.9 Å². The Bertz CT molecular complexity index is 743. The average Bonchev–Trinajstić information content (AvgIpc) is 2.55. The first kappa shape index (κ1) is 18.4. The summed E-state index contributed by atoms with van der Waals surface area (Å²) in [6, 6.07) is 13.2. The second-order valence-electron chi connectivity index (χ2n) is 4.68. The maximum atomic E-state index is 12.4. The Morgan fingerprint density at radius 1 is 0.958 bits per heavy atom. The van der Waals surface area contributed by atoms with E-state index in [0.29, 0.717) is 11.4 Å². The van der Waals surface area contributed by atoms with E-state index in [9.17, 15) is 9.59 Å². The minimum atomic E-state index is -2.13. The molecule has 2 aromatic rings. The van der Waals surface area contributed by atoms with E-state index < -0.39 is 15.6 Å². The van der Waals surface area contributed by atoms with Crippen LogP contribution in [0.25, 0.3) is 0 Å². The lowest BCUT2D eigenvalue weighted by Gasteiger charge is -2.14. The Balaban J connectivity index is 2.18. The summed E-state index contributed by atoms with van der Waals surface area (Å²) in [6.45, 7) is 0. The molecular formula is C16H13Cl3N2O3. The third kappa shape index (κ3) is 4.77. The normalized spacial score (nSPS) is 10.8. The molecule has 2 rings (SSSR count). The van der Waals surface area contributed by atoms with Crippen LogP contribution in [0, 0.1) is 0 Å². The number of hydrogen-bond donors (Lipinski definition) is 2. The average molecular weight is 388 g/mol. The lowest BCUT2D eigenvalue weighted by molar-refractivity contribution is -0.115. The second-order valence-corrected chi connectivity index (χ2v) is 6.96. The SMILES string of the molecule is COc1ccc(NC(=O)c2ccccc2NC(=O)C(Cl)(Cl)Cl)cc1. The Kier molecular flexibility index (Phi) is 5.94. The van der Waals surface area contributed by atoms with Crippen LogP contribution in [0.1, 0.15) is 10.4 Å². The zero-order chi connectivity index (χ0) is 17.7. The van der Waals surface area contributed by atoms with Crippen LogP contribution in [0.3, 0.4) is 0 Å². The van der Waals surface area contributed by atoms with Gasteiger partial charge in [0, 0.05) is 5.69 Å². The van der Waals surface area contributed by atoms with Crippen LogP contribution in [0.4, 0.5) is 11.4 Å². The standard InChI is InChI=1S/C16H13Cl3N2O3/c1-24-11-8-6-10(7-9-11)20-14(22)12-4-2-3-5-13(12)21-15(23)16(17,18)19/h2-9H,1H3,(H,20,22)(H,21,23). The van der Waals surface area contributed by atoms with Crippen LogP contribution in [-0.2, 0) is 4.79 Å². The van der Waals surface area contributed by atoms with Crippen molar-refractivity contribution in [1.29, 1.82) is 0 Å². The molecule has 0 heterocycles. The van der Waals surface area contributed by atoms with Crippen molar-refractivity contribution in [3.8, 4) is 5.75 Å². The summed E-state index contributed by atoms with van der Waals surface area (Å²) in [5.41, 5.74) is 1.04. The minimum Gasteiger partial charge on any atom is -0.497 e. The number of ether oxygens (including phenoxy) is 1. The number of benzene rings is 2. The Morgan fingerprint density at radius 2 is 1.58 bits per heavy atom. The summed E-state index contributed by atoms with van der Waals surface area (Å²) in [6.07, 6.45) is 0. The third-order valence-electron chi connectivity index (χ3n) is 3.03. The van der Waals surface area contributed by atoms with Gasteiger partial charge >= 0.3 is 0 Å². The fourth-order valence-electron chi connectivity index (χ4n) is 1.86. The number of para-hydroxylation sites is 1. The Hall–Kier alpha value is -1.95. The third-order valence-corrected chi connectivity index (χ3v) is 3.54. The molecule has 0 spiro atoms. The molecule has 0 aliphatic rings. The van der Waals surface area contributed by atoms with Crippen molar-refractivity contribution in [2.75, 3.05) is 17.7 Å². The molecule has 0 bridgehead atoms. The maximum Gasteiger partial charge on any atom is 0.276 e. The maximum absolute atomic E-state index is 12.4. The molecule has 0 aromatic heterocycles. The Morgan fingerprint density at radius 3 is 2.17 bits per heavy atom. The molecule has 0 saturated carbocycles. The summed E-state index contributed by atoms with van der Waals surface area (Å²) in [5, 5.41) is 5.14. The van der Waals surface area contributed by atoms with Gasteiger partial charge in [0.2, 0.25) is 0 Å². The summed E-state index contributed by atoms with van der Waals surface area (Å²) in [7, 11) is 1.55. The number of halogens is 3. The van der Waals surface area contributed by atoms with E-state index in [1.165, 1.54) is 6.07 Å². The van der Waals surface area contributed by atoms with E-state index in [0.717, 1.165) is 0 Å². The van der Waals surface area contributed by atoms with Crippen LogP contribution < -0.4 is 15.4 Å². The van der Waals surface area contributed by atoms with Gasteiger partial charge in [0.25, 0.3) is 15.6 Å². The predicted octanol–water partition coefficient (Wildman–Crippen LogP) is 4.26. The highest BCUT2D eigenvalue weighted by atomic mass is 35.6. The quantitative estimate of drug-likeness (QED) is 0.770. The van der Waals surface area contributed by atoms with Crippen molar-refractivity contribution in [3.05, 3.63) is 54.1 Å². The van der Waals surface area contributed by atoms with Gasteiger partial charge in [0.1, 0.15) is 5.75 Å². The highest BCUT2D eigenvalue weighted by molar-refractivity contribution is 6.76. The van der Waals surface area contributed by atoms with Crippen LogP contribution in [0.5, 0.6) is 5.75 Å². The van der Waals surface area contributed by atoms with Gasteiger partial charge in [-0.25, -0.2) is 0 Å². The molecular weight excluding hydrogens is 375 g/mol. The van der Waals surface area contributed by atoms with Crippen LogP contribution in [0.15, 0.2) is 48.5 Å². The monoisotopic (exact) mass is 386 g/mol. The summed E-state index contributed by atoms with van der Waals surface area (Å²) in [5.74, 6) is -0.596. The largest absolute Gasteiger partial charge is 0.497 e. The number of anilines is 2. The summed E-state index contributed by atoms with van der Waals surface area (Å²) < 4.78 is 2.93. The van der Waals surface area contributed by atoms with Crippen molar-refractivity contribution in [2.45, 2.75) is 3.79 Å². The zero-order valence-electron chi connectivity index (χ0n) is 12.5. The van der Waals surface area contributed by atoms with Gasteiger partial charge in [0.05, 0.1) is 18.4 Å². The first-order valence-corrected chi connectivity index (χ1v) is 7.87. The molecule has 0 radical (unpaired) electrons. The van der Waals surface area contributed by atoms with Crippen LogP contribution >= 0.6 is 34.8 Å². The van der Waals surface area contributed by atoms with Crippen LogP contribution in [-0.4, -0.2) is 22.7 Å². The molecule has 5 nitrogen and oxygen atoms in total. The fraction of sp³-hybridized carbons (Fsp3) is 0.125. The van der Waals surface area contributed by atoms with E-state index in [1.807, 2.05) is 0 Å². The molecule has 0 fully saturated rings. The highest BCUT2D eigenvalue weighted by Gasteiger charge is 2.31. The molecule has 2 N–H and O–H groups in total. The molecule has 0 saturated heterocycles. The fourth-order valence-corrected chi connectivity index (χ4v) is 2.00. The molecule has 0 aliphatic carbocycles. The summed E-state index contributed by atoms with van der Waals surface area (Å²) >= 11 is 16.6. The molecule has 2 aromatic carbocycles. The van der Waals surface area contributed by atoms with Crippen LogP contribution in [0.2, 0.25) is 0 Å². The van der Waals surface area contributed by atoms with Gasteiger partial charge < -0.3 is 15.4 Å². The number of alkyl halides is 3. The van der Waals surface area contributed by atoms with E-state index in [1.54, 1.807) is 49.6 Å². The van der Waals surface area contributed by atoms with Crippen molar-refractivity contribution in [3.63, 3.8) is 0 Å². The van der Waals surface area contributed by atoms with E-state index in [4.69, 9.17) is 39.5 Å². The number of carbonyl (C=O) groups is 2. The number of methoxy groups -OCH3 is 1. The Labute approximate surface area is 153 Å². The summed E-state index contributed by atoms with van der Waals surface area (Å²) in [4.78, 5) is 24.2. The lowest BCUT2D eigenvalue weighted by atomic mass is 10.1. The molecule has 2 amide bonds.